The van der Waals surface area contributed by atoms with Gasteiger partial charge < -0.3 is 24.6 Å². The van der Waals surface area contributed by atoms with Crippen molar-refractivity contribution in [2.45, 2.75) is 75.3 Å². The fraction of sp³-hybridized carbons (Fsp3) is 0.567. The Morgan fingerprint density at radius 1 is 1.23 bits per heavy atom. The number of H-pyrrole nitrogens is 1. The molecule has 3 N–H and O–H groups in total. The van der Waals surface area contributed by atoms with Crippen LogP contribution >= 0.6 is 11.3 Å². The first-order chi connectivity index (χ1) is 21.0. The first-order valence-corrected chi connectivity index (χ1v) is 16.0. The highest BCUT2D eigenvalue weighted by atomic mass is 32.1. The summed E-state index contributed by atoms with van der Waals surface area (Å²) in [7, 11) is 2.10. The SMILES string of the molecule is CN1CCC[C@H]1COc1nc(-c2onc3c2CCC[C@@]32CCCc3sc(N)c(C#N)c32)nc2c1[nH]c(=O)n2[C@@H]1CCOC1. The van der Waals surface area contributed by atoms with Crippen LogP contribution in [0.4, 0.5) is 5.00 Å². The van der Waals surface area contributed by atoms with Crippen LogP contribution in [-0.4, -0.2) is 69.0 Å². The lowest BCUT2D eigenvalue weighted by atomic mass is 9.62. The number of hydrogen-bond donors (Lipinski definition) is 2. The number of nitrogens with one attached hydrogen (secondary N) is 1. The van der Waals surface area contributed by atoms with Gasteiger partial charge in [0.25, 0.3) is 0 Å². The predicted molar refractivity (Wildman–Crippen MR) is 159 cm³/mol. The normalized spacial score (nSPS) is 25.3. The number of anilines is 1. The lowest BCUT2D eigenvalue weighted by Crippen LogP contribution is -2.36. The van der Waals surface area contributed by atoms with Crippen LogP contribution in [0.1, 0.15) is 78.2 Å². The molecule has 0 unspecified atom stereocenters. The molecular weight excluding hydrogens is 568 g/mol. The number of aryl methyl sites for hydroxylation is 1. The molecule has 224 valence electrons. The van der Waals surface area contributed by atoms with Gasteiger partial charge in [-0.05, 0) is 76.9 Å². The van der Waals surface area contributed by atoms with Gasteiger partial charge in [-0.15, -0.1) is 11.3 Å². The second-order valence-electron chi connectivity index (χ2n) is 12.3. The molecule has 0 radical (unpaired) electrons. The van der Waals surface area contributed by atoms with Crippen molar-refractivity contribution in [2.75, 3.05) is 39.1 Å². The van der Waals surface area contributed by atoms with E-state index in [2.05, 4.69) is 28.2 Å². The summed E-state index contributed by atoms with van der Waals surface area (Å²) in [5, 5.41) is 15.3. The van der Waals surface area contributed by atoms with Crippen molar-refractivity contribution in [1.82, 2.24) is 29.6 Å². The monoisotopic (exact) mass is 602 g/mol. The van der Waals surface area contributed by atoms with Crippen molar-refractivity contribution in [1.29, 1.82) is 5.26 Å². The van der Waals surface area contributed by atoms with Gasteiger partial charge in [0.05, 0.1) is 23.9 Å². The van der Waals surface area contributed by atoms with Crippen molar-refractivity contribution in [3.8, 4) is 23.5 Å². The highest BCUT2D eigenvalue weighted by Crippen LogP contribution is 2.54. The summed E-state index contributed by atoms with van der Waals surface area (Å²) in [6.07, 6.45) is 8.24. The smallest absolute Gasteiger partial charge is 0.328 e. The Balaban J connectivity index is 1.27. The molecule has 2 aliphatic carbocycles. The molecule has 0 aromatic carbocycles. The number of aromatic amines is 1. The van der Waals surface area contributed by atoms with Crippen molar-refractivity contribution >= 4 is 27.5 Å². The summed E-state index contributed by atoms with van der Waals surface area (Å²) < 4.78 is 19.8. The molecule has 3 atom stereocenters. The molecule has 1 spiro atoms. The minimum atomic E-state index is -0.421. The number of likely N-dealkylation sites (N-methyl/N-ethyl adjacent to an activating group) is 1. The van der Waals surface area contributed by atoms with Crippen LogP contribution in [0.25, 0.3) is 22.7 Å². The van der Waals surface area contributed by atoms with E-state index >= 15 is 0 Å². The van der Waals surface area contributed by atoms with Gasteiger partial charge >= 0.3 is 5.69 Å². The third kappa shape index (κ3) is 4.07. The molecule has 8 rings (SSSR count). The summed E-state index contributed by atoms with van der Waals surface area (Å²) in [4.78, 5) is 29.5. The molecule has 12 nitrogen and oxygen atoms in total. The molecular formula is C30H34N8O4S. The number of rotatable bonds is 5. The maximum atomic E-state index is 13.3. The molecule has 4 aromatic rings. The van der Waals surface area contributed by atoms with E-state index in [1.165, 1.54) is 16.2 Å². The quantitative estimate of drug-likeness (QED) is 0.345. The Hall–Kier alpha value is -3.73. The zero-order chi connectivity index (χ0) is 29.3. The number of nitrogens with two attached hydrogens (primary N) is 1. The lowest BCUT2D eigenvalue weighted by molar-refractivity contribution is 0.186. The number of fused-ring (bicyclic) bond motifs is 5. The number of nitriles is 1. The van der Waals surface area contributed by atoms with Crippen molar-refractivity contribution in [3.63, 3.8) is 0 Å². The molecule has 0 bridgehead atoms. The topological polar surface area (TPSA) is 161 Å². The van der Waals surface area contributed by atoms with Gasteiger partial charge in [-0.3, -0.25) is 9.55 Å². The molecule has 13 heteroatoms. The van der Waals surface area contributed by atoms with E-state index in [9.17, 15) is 10.1 Å². The third-order valence-electron chi connectivity index (χ3n) is 9.97. The molecule has 0 saturated carbocycles. The Morgan fingerprint density at radius 2 is 2.09 bits per heavy atom. The molecule has 6 heterocycles. The minimum absolute atomic E-state index is 0.126. The van der Waals surface area contributed by atoms with E-state index in [0.29, 0.717) is 59.0 Å². The maximum Gasteiger partial charge on any atom is 0.328 e. The van der Waals surface area contributed by atoms with Crippen LogP contribution in [0.2, 0.25) is 0 Å². The third-order valence-corrected chi connectivity index (χ3v) is 11.1. The standard InChI is InChI=1S/C30H34N8O4S/c1-37-11-4-5-16(37)15-41-28-22-27(38(29(39)33-22)17-8-12-40-14-17)34-26(35-28)23-18-6-2-9-30(24(18)36-42-23)10-3-7-20-21(30)19(13-31)25(32)43-20/h16-17H,2-12,14-15,32H2,1H3,(H,33,39)/t16-,17+,30-/m0/s1. The fourth-order valence-corrected chi connectivity index (χ4v) is 9.00. The Kier molecular flexibility index (Phi) is 6.36. The van der Waals surface area contributed by atoms with Gasteiger partial charge in [-0.1, -0.05) is 5.16 Å². The van der Waals surface area contributed by atoms with E-state index in [1.807, 2.05) is 0 Å². The van der Waals surface area contributed by atoms with Crippen LogP contribution < -0.4 is 16.2 Å². The zero-order valence-electron chi connectivity index (χ0n) is 24.1. The molecule has 4 aromatic heterocycles. The van der Waals surface area contributed by atoms with Gasteiger partial charge in [0.15, 0.2) is 5.65 Å². The van der Waals surface area contributed by atoms with Gasteiger partial charge in [0.1, 0.15) is 23.2 Å². The minimum Gasteiger partial charge on any atom is -0.474 e. The summed E-state index contributed by atoms with van der Waals surface area (Å²) in [6, 6.07) is 2.53. The van der Waals surface area contributed by atoms with Crippen LogP contribution in [0.3, 0.4) is 0 Å². The molecule has 0 amide bonds. The van der Waals surface area contributed by atoms with Crippen molar-refractivity contribution in [2.24, 2.45) is 0 Å². The van der Waals surface area contributed by atoms with E-state index in [1.54, 1.807) is 4.57 Å². The number of ether oxygens (including phenoxy) is 2. The van der Waals surface area contributed by atoms with Gasteiger partial charge in [0, 0.05) is 28.5 Å². The summed E-state index contributed by atoms with van der Waals surface area (Å²) in [5.41, 5.74) is 10.1. The zero-order valence-corrected chi connectivity index (χ0v) is 25.0. The lowest BCUT2D eigenvalue weighted by Gasteiger charge is -2.39. The maximum absolute atomic E-state index is 13.3. The van der Waals surface area contributed by atoms with E-state index in [-0.39, 0.29) is 17.8 Å². The van der Waals surface area contributed by atoms with E-state index in [4.69, 9.17) is 29.7 Å². The fourth-order valence-electron chi connectivity index (χ4n) is 7.84. The summed E-state index contributed by atoms with van der Waals surface area (Å²) >= 11 is 1.53. The van der Waals surface area contributed by atoms with Crippen LogP contribution in [0.15, 0.2) is 9.32 Å². The predicted octanol–water partition coefficient (Wildman–Crippen LogP) is 3.68. The molecule has 2 fully saturated rings. The van der Waals surface area contributed by atoms with Crippen LogP contribution in [0.5, 0.6) is 5.88 Å². The molecule has 43 heavy (non-hydrogen) atoms. The van der Waals surface area contributed by atoms with E-state index in [0.717, 1.165) is 81.2 Å². The highest BCUT2D eigenvalue weighted by Gasteiger charge is 2.48. The Bertz CT molecular complexity index is 1820. The molecule has 2 aliphatic heterocycles. The molecule has 2 saturated heterocycles. The number of nitrogen functional groups attached to an aromatic ring is 1. The summed E-state index contributed by atoms with van der Waals surface area (Å²) in [6.45, 7) is 2.53. The van der Waals surface area contributed by atoms with Gasteiger partial charge in [-0.2, -0.15) is 10.2 Å². The number of nitrogens with zero attached hydrogens (tertiary/aromatic N) is 6. The van der Waals surface area contributed by atoms with Crippen LogP contribution in [-0.2, 0) is 23.0 Å². The second-order valence-corrected chi connectivity index (χ2v) is 13.5. The number of hydrogen-bond acceptors (Lipinski definition) is 11. The number of aromatic nitrogens is 5. The average molecular weight is 603 g/mol. The van der Waals surface area contributed by atoms with E-state index < -0.39 is 5.41 Å². The highest BCUT2D eigenvalue weighted by molar-refractivity contribution is 7.16. The number of imidazole rings is 1. The Labute approximate surface area is 251 Å². The van der Waals surface area contributed by atoms with Gasteiger partial charge in [0.2, 0.25) is 17.5 Å². The molecule has 4 aliphatic rings. The number of likely N-dealkylation sites (tertiary alicyclic amines) is 1. The first kappa shape index (κ1) is 26.9. The van der Waals surface area contributed by atoms with Crippen LogP contribution in [0, 0.1) is 11.3 Å². The average Bonchev–Trinajstić information content (AvgIpc) is 3.82. The Morgan fingerprint density at radius 3 is 2.86 bits per heavy atom. The summed E-state index contributed by atoms with van der Waals surface area (Å²) in [5.74, 6) is 1.18. The van der Waals surface area contributed by atoms with Crippen molar-refractivity contribution < 1.29 is 14.0 Å². The largest absolute Gasteiger partial charge is 0.474 e. The van der Waals surface area contributed by atoms with Gasteiger partial charge in [-0.25, -0.2) is 9.78 Å². The number of thiophene rings is 1. The van der Waals surface area contributed by atoms with Crippen molar-refractivity contribution in [3.05, 3.63) is 37.7 Å². The first-order valence-electron chi connectivity index (χ1n) is 15.2. The second kappa shape index (κ2) is 10.2.